The van der Waals surface area contributed by atoms with Crippen molar-refractivity contribution in [2.24, 2.45) is 0 Å². The quantitative estimate of drug-likeness (QED) is 0.869. The van der Waals surface area contributed by atoms with Crippen LogP contribution in [0.25, 0.3) is 0 Å². The molecule has 24 heavy (non-hydrogen) atoms. The highest BCUT2D eigenvalue weighted by molar-refractivity contribution is 6.33. The molecule has 0 bridgehead atoms. The molecule has 2 amide bonds. The van der Waals surface area contributed by atoms with Crippen molar-refractivity contribution in [2.45, 2.75) is 13.0 Å². The van der Waals surface area contributed by atoms with Gasteiger partial charge in [-0.2, -0.15) is 0 Å². The van der Waals surface area contributed by atoms with Crippen LogP contribution in [0.1, 0.15) is 6.92 Å². The Labute approximate surface area is 145 Å². The SMILES string of the molecule is C[C@H](C(=O)Nc1ccc(F)cc1Cl)N(C)CC(=O)N1CCOCC1. The van der Waals surface area contributed by atoms with Gasteiger partial charge in [-0.15, -0.1) is 0 Å². The lowest BCUT2D eigenvalue weighted by Crippen LogP contribution is -2.48. The Morgan fingerprint density at radius 2 is 2.08 bits per heavy atom. The number of benzene rings is 1. The summed E-state index contributed by atoms with van der Waals surface area (Å²) in [6.07, 6.45) is 0. The number of halogens is 2. The van der Waals surface area contributed by atoms with Crippen molar-refractivity contribution in [1.82, 2.24) is 9.80 Å². The summed E-state index contributed by atoms with van der Waals surface area (Å²) in [6, 6.07) is 3.21. The van der Waals surface area contributed by atoms with Crippen molar-refractivity contribution in [2.75, 3.05) is 45.2 Å². The summed E-state index contributed by atoms with van der Waals surface area (Å²) in [5.74, 6) is -0.833. The van der Waals surface area contributed by atoms with Crippen molar-refractivity contribution in [3.8, 4) is 0 Å². The number of amides is 2. The predicted octanol–water partition coefficient (Wildman–Crippen LogP) is 1.60. The zero-order valence-electron chi connectivity index (χ0n) is 13.7. The van der Waals surface area contributed by atoms with E-state index in [1.54, 1.807) is 23.8 Å². The number of hydrogen-bond acceptors (Lipinski definition) is 4. The van der Waals surface area contributed by atoms with Crippen molar-refractivity contribution in [3.05, 3.63) is 29.0 Å². The third-order valence-corrected chi connectivity index (χ3v) is 4.29. The van der Waals surface area contributed by atoms with Crippen LogP contribution >= 0.6 is 11.6 Å². The summed E-state index contributed by atoms with van der Waals surface area (Å²) in [7, 11) is 1.70. The second-order valence-corrected chi connectivity index (χ2v) is 6.10. The summed E-state index contributed by atoms with van der Waals surface area (Å²) < 4.78 is 18.3. The maximum absolute atomic E-state index is 13.0. The Bertz CT molecular complexity index is 608. The van der Waals surface area contributed by atoms with E-state index in [4.69, 9.17) is 16.3 Å². The highest BCUT2D eigenvalue weighted by Crippen LogP contribution is 2.22. The molecule has 1 aromatic rings. The molecule has 1 N–H and O–H groups in total. The van der Waals surface area contributed by atoms with Gasteiger partial charge < -0.3 is 15.0 Å². The van der Waals surface area contributed by atoms with Crippen LogP contribution in [-0.4, -0.2) is 67.6 Å². The molecule has 1 saturated heterocycles. The first kappa shape index (κ1) is 18.6. The van der Waals surface area contributed by atoms with E-state index in [1.807, 2.05) is 0 Å². The molecule has 0 radical (unpaired) electrons. The van der Waals surface area contributed by atoms with E-state index in [9.17, 15) is 14.0 Å². The third kappa shape index (κ3) is 4.90. The average Bonchev–Trinajstić information content (AvgIpc) is 2.57. The summed E-state index contributed by atoms with van der Waals surface area (Å²) in [5.41, 5.74) is 0.336. The summed E-state index contributed by atoms with van der Waals surface area (Å²) >= 11 is 5.90. The summed E-state index contributed by atoms with van der Waals surface area (Å²) in [4.78, 5) is 27.9. The fraction of sp³-hybridized carbons (Fsp3) is 0.500. The molecule has 1 aliphatic rings. The van der Waals surface area contributed by atoms with Crippen molar-refractivity contribution < 1.29 is 18.7 Å². The normalized spacial score (nSPS) is 16.1. The Kier molecular flexibility index (Phi) is 6.53. The molecule has 2 rings (SSSR count). The minimum absolute atomic E-state index is 0.0414. The highest BCUT2D eigenvalue weighted by atomic mass is 35.5. The van der Waals surface area contributed by atoms with E-state index >= 15 is 0 Å². The molecule has 0 aliphatic carbocycles. The molecular formula is C16H21ClFN3O3. The van der Waals surface area contributed by atoms with Crippen LogP contribution in [0.4, 0.5) is 10.1 Å². The number of likely N-dealkylation sites (N-methyl/N-ethyl adjacent to an activating group) is 1. The lowest BCUT2D eigenvalue weighted by Gasteiger charge is -2.30. The van der Waals surface area contributed by atoms with Gasteiger partial charge in [0.05, 0.1) is 36.5 Å². The van der Waals surface area contributed by atoms with Gasteiger partial charge >= 0.3 is 0 Å². The van der Waals surface area contributed by atoms with Crippen LogP contribution in [0.15, 0.2) is 18.2 Å². The second kappa shape index (κ2) is 8.41. The smallest absolute Gasteiger partial charge is 0.241 e. The summed E-state index contributed by atoms with van der Waals surface area (Å²) in [6.45, 7) is 4.03. The van der Waals surface area contributed by atoms with Gasteiger partial charge in [0.15, 0.2) is 0 Å². The monoisotopic (exact) mass is 357 g/mol. The van der Waals surface area contributed by atoms with Gasteiger partial charge in [0.25, 0.3) is 0 Å². The summed E-state index contributed by atoms with van der Waals surface area (Å²) in [5, 5.41) is 2.77. The van der Waals surface area contributed by atoms with Gasteiger partial charge in [-0.1, -0.05) is 11.6 Å². The van der Waals surface area contributed by atoms with Crippen LogP contribution in [0, 0.1) is 5.82 Å². The van der Waals surface area contributed by atoms with Crippen LogP contribution in [0.2, 0.25) is 5.02 Å². The number of rotatable bonds is 5. The van der Waals surface area contributed by atoms with Gasteiger partial charge in [-0.05, 0) is 32.2 Å². The fourth-order valence-electron chi connectivity index (χ4n) is 2.29. The Morgan fingerprint density at radius 1 is 1.42 bits per heavy atom. The molecule has 0 saturated carbocycles. The number of ether oxygens (including phenoxy) is 1. The number of anilines is 1. The maximum atomic E-state index is 13.0. The number of carbonyl (C=O) groups is 2. The zero-order chi connectivity index (χ0) is 17.7. The van der Waals surface area contributed by atoms with Crippen molar-refractivity contribution >= 4 is 29.1 Å². The standard InChI is InChI=1S/C16H21ClFN3O3/c1-11(16(23)19-14-4-3-12(18)9-13(14)17)20(2)10-15(22)21-5-7-24-8-6-21/h3-4,9,11H,5-8,10H2,1-2H3,(H,19,23)/t11-/m1/s1. The van der Waals surface area contributed by atoms with Crippen LogP contribution in [-0.2, 0) is 14.3 Å². The Hall–Kier alpha value is -1.70. The highest BCUT2D eigenvalue weighted by Gasteiger charge is 2.24. The minimum atomic E-state index is -0.545. The molecule has 1 atom stereocenters. The average molecular weight is 358 g/mol. The predicted molar refractivity (Wildman–Crippen MR) is 89.5 cm³/mol. The van der Waals surface area contributed by atoms with Crippen LogP contribution in [0.3, 0.4) is 0 Å². The molecule has 8 heteroatoms. The molecule has 0 spiro atoms. The largest absolute Gasteiger partial charge is 0.378 e. The van der Waals surface area contributed by atoms with E-state index < -0.39 is 11.9 Å². The van der Waals surface area contributed by atoms with Gasteiger partial charge in [0, 0.05) is 13.1 Å². The third-order valence-electron chi connectivity index (χ3n) is 3.98. The van der Waals surface area contributed by atoms with E-state index in [2.05, 4.69) is 5.32 Å². The van der Waals surface area contributed by atoms with Gasteiger partial charge in [-0.3, -0.25) is 14.5 Å². The first-order valence-electron chi connectivity index (χ1n) is 7.70. The fourth-order valence-corrected chi connectivity index (χ4v) is 2.51. The molecule has 1 aromatic carbocycles. The molecule has 0 unspecified atom stereocenters. The first-order valence-corrected chi connectivity index (χ1v) is 8.08. The molecular weight excluding hydrogens is 337 g/mol. The van der Waals surface area contributed by atoms with E-state index in [-0.39, 0.29) is 23.4 Å². The van der Waals surface area contributed by atoms with Gasteiger partial charge in [0.2, 0.25) is 11.8 Å². The topological polar surface area (TPSA) is 61.9 Å². The lowest BCUT2D eigenvalue weighted by atomic mass is 10.2. The Balaban J connectivity index is 1.90. The van der Waals surface area contributed by atoms with E-state index in [0.29, 0.717) is 32.0 Å². The van der Waals surface area contributed by atoms with Crippen LogP contribution < -0.4 is 5.32 Å². The minimum Gasteiger partial charge on any atom is -0.378 e. The molecule has 132 valence electrons. The molecule has 1 heterocycles. The van der Waals surface area contributed by atoms with E-state index in [1.165, 1.54) is 12.1 Å². The number of morpholine rings is 1. The van der Waals surface area contributed by atoms with Gasteiger partial charge in [-0.25, -0.2) is 4.39 Å². The second-order valence-electron chi connectivity index (χ2n) is 5.70. The number of hydrogen-bond donors (Lipinski definition) is 1. The van der Waals surface area contributed by atoms with E-state index in [0.717, 1.165) is 6.07 Å². The number of carbonyl (C=O) groups excluding carboxylic acids is 2. The van der Waals surface area contributed by atoms with Gasteiger partial charge in [0.1, 0.15) is 5.82 Å². The lowest BCUT2D eigenvalue weighted by molar-refractivity contribution is -0.137. The molecule has 6 nitrogen and oxygen atoms in total. The number of nitrogens with zero attached hydrogens (tertiary/aromatic N) is 2. The zero-order valence-corrected chi connectivity index (χ0v) is 14.5. The molecule has 1 fully saturated rings. The van der Waals surface area contributed by atoms with Crippen molar-refractivity contribution in [1.29, 1.82) is 0 Å². The maximum Gasteiger partial charge on any atom is 0.241 e. The van der Waals surface area contributed by atoms with Crippen molar-refractivity contribution in [3.63, 3.8) is 0 Å². The first-order chi connectivity index (χ1) is 11.4. The van der Waals surface area contributed by atoms with Crippen LogP contribution in [0.5, 0.6) is 0 Å². The molecule has 1 aliphatic heterocycles. The molecule has 0 aromatic heterocycles. The Morgan fingerprint density at radius 3 is 2.71 bits per heavy atom. The number of nitrogens with one attached hydrogen (secondary N) is 1.